The molecule has 2 fully saturated rings. The van der Waals surface area contributed by atoms with Crippen LogP contribution in [0.3, 0.4) is 0 Å². The molecule has 1 spiro atoms. The molecule has 4 aromatic rings. The van der Waals surface area contributed by atoms with Gasteiger partial charge in [-0.2, -0.15) is 0 Å². The topological polar surface area (TPSA) is 112 Å². The molecule has 11 heteroatoms. The average molecular weight is 608 g/mol. The molecule has 2 amide bonds. The number of carbonyl (C=O) groups excluding carboxylic acids is 2. The standard InChI is InChI=1S/C29H30BrN5O5/c1-28(2,3)40-27(38)33-13-11-29(12-14-33)26(37)34(17-35(29)19-7-5-4-6-8-19)16-22-31-23-20-15-18(30)9-10-21(20)39-24(23)25(36)32-22/h4-10,15H,11-14,16-17H2,1-3H3,(H,31,32,36). The number of H-pyrrole nitrogens is 1. The molecule has 6 rings (SSSR count). The molecule has 2 saturated heterocycles. The van der Waals surface area contributed by atoms with Crippen LogP contribution in [0.2, 0.25) is 0 Å². The number of nitrogens with one attached hydrogen (secondary N) is 1. The second-order valence-electron chi connectivity index (χ2n) is 11.3. The highest BCUT2D eigenvalue weighted by molar-refractivity contribution is 9.10. The van der Waals surface area contributed by atoms with E-state index in [-0.39, 0.29) is 29.7 Å². The number of benzene rings is 2. The Morgan fingerprint density at radius 3 is 2.55 bits per heavy atom. The van der Waals surface area contributed by atoms with Crippen LogP contribution in [-0.4, -0.2) is 62.7 Å². The van der Waals surface area contributed by atoms with Crippen LogP contribution >= 0.6 is 15.9 Å². The zero-order chi connectivity index (χ0) is 28.2. The van der Waals surface area contributed by atoms with E-state index in [0.717, 1.165) is 15.5 Å². The molecule has 4 heterocycles. The molecule has 10 nitrogen and oxygen atoms in total. The Kier molecular flexibility index (Phi) is 6.36. The molecular weight excluding hydrogens is 578 g/mol. The van der Waals surface area contributed by atoms with E-state index in [4.69, 9.17) is 14.1 Å². The molecule has 0 atom stereocenters. The molecule has 2 aromatic heterocycles. The van der Waals surface area contributed by atoms with E-state index in [1.54, 1.807) is 15.9 Å². The van der Waals surface area contributed by atoms with Gasteiger partial charge >= 0.3 is 6.09 Å². The molecule has 0 aliphatic carbocycles. The Bertz CT molecular complexity index is 1670. The summed E-state index contributed by atoms with van der Waals surface area (Å²) in [7, 11) is 0. The fourth-order valence-electron chi connectivity index (χ4n) is 5.64. The number of furan rings is 1. The number of aromatic amines is 1. The number of hydrogen-bond donors (Lipinski definition) is 1. The van der Waals surface area contributed by atoms with Gasteiger partial charge in [0.15, 0.2) is 0 Å². The number of nitrogens with zero attached hydrogens (tertiary/aromatic N) is 4. The molecule has 208 valence electrons. The Labute approximate surface area is 239 Å². The first-order valence-corrected chi connectivity index (χ1v) is 14.0. The van der Waals surface area contributed by atoms with Gasteiger partial charge in [0.2, 0.25) is 11.5 Å². The van der Waals surface area contributed by atoms with Crippen LogP contribution in [0, 0.1) is 0 Å². The summed E-state index contributed by atoms with van der Waals surface area (Å²) in [6, 6.07) is 15.3. The average Bonchev–Trinajstić information content (AvgIpc) is 3.40. The fraction of sp³-hybridized carbons (Fsp3) is 0.379. The molecule has 2 aliphatic rings. The van der Waals surface area contributed by atoms with Gasteiger partial charge in [0.05, 0.1) is 13.2 Å². The Balaban J connectivity index is 1.31. The number of fused-ring (bicyclic) bond motifs is 3. The van der Waals surface area contributed by atoms with E-state index in [9.17, 15) is 14.4 Å². The van der Waals surface area contributed by atoms with Crippen molar-refractivity contribution in [3.05, 3.63) is 69.2 Å². The van der Waals surface area contributed by atoms with Crippen molar-refractivity contribution in [1.29, 1.82) is 0 Å². The second kappa shape index (κ2) is 9.65. The Morgan fingerprint density at radius 1 is 1.12 bits per heavy atom. The molecule has 2 aliphatic heterocycles. The number of aromatic nitrogens is 2. The number of halogens is 1. The molecule has 0 unspecified atom stereocenters. The number of rotatable bonds is 3. The predicted molar refractivity (Wildman–Crippen MR) is 154 cm³/mol. The van der Waals surface area contributed by atoms with Crippen LogP contribution < -0.4 is 10.5 Å². The van der Waals surface area contributed by atoms with Crippen LogP contribution in [0.15, 0.2) is 62.2 Å². The first kappa shape index (κ1) is 26.4. The fourth-order valence-corrected chi connectivity index (χ4v) is 6.00. The van der Waals surface area contributed by atoms with E-state index >= 15 is 0 Å². The van der Waals surface area contributed by atoms with E-state index in [1.807, 2.05) is 63.2 Å². The van der Waals surface area contributed by atoms with Gasteiger partial charge in [0.25, 0.3) is 5.56 Å². The summed E-state index contributed by atoms with van der Waals surface area (Å²) in [5.74, 6) is 0.326. The highest BCUT2D eigenvalue weighted by atomic mass is 79.9. The van der Waals surface area contributed by atoms with Crippen LogP contribution in [0.4, 0.5) is 10.5 Å². The number of ether oxygens (including phenoxy) is 1. The van der Waals surface area contributed by atoms with E-state index in [1.165, 1.54) is 0 Å². The molecule has 2 aromatic carbocycles. The van der Waals surface area contributed by atoms with Gasteiger partial charge in [-0.3, -0.25) is 9.59 Å². The lowest BCUT2D eigenvalue weighted by atomic mass is 9.85. The minimum atomic E-state index is -0.822. The number of anilines is 1. The van der Waals surface area contributed by atoms with Crippen molar-refractivity contribution in [1.82, 2.24) is 19.8 Å². The first-order chi connectivity index (χ1) is 19.0. The summed E-state index contributed by atoms with van der Waals surface area (Å²) >= 11 is 3.47. The minimum Gasteiger partial charge on any atom is -0.449 e. The van der Waals surface area contributed by atoms with E-state index in [0.29, 0.717) is 49.5 Å². The molecule has 40 heavy (non-hydrogen) atoms. The first-order valence-electron chi connectivity index (χ1n) is 13.3. The predicted octanol–water partition coefficient (Wildman–Crippen LogP) is 5.01. The third-order valence-corrected chi connectivity index (χ3v) is 7.99. The van der Waals surface area contributed by atoms with E-state index in [2.05, 4.69) is 25.8 Å². The lowest BCUT2D eigenvalue weighted by Crippen LogP contribution is -2.57. The van der Waals surface area contributed by atoms with Crippen LogP contribution in [0.1, 0.15) is 39.4 Å². The summed E-state index contributed by atoms with van der Waals surface area (Å²) in [5.41, 5.74) is 0.298. The summed E-state index contributed by atoms with van der Waals surface area (Å²) in [5, 5.41) is 0.723. The number of hydrogen-bond acceptors (Lipinski definition) is 7. The van der Waals surface area contributed by atoms with E-state index < -0.39 is 11.1 Å². The number of para-hydroxylation sites is 1. The second-order valence-corrected chi connectivity index (χ2v) is 12.3. The van der Waals surface area contributed by atoms with Crippen molar-refractivity contribution in [2.45, 2.75) is 51.3 Å². The van der Waals surface area contributed by atoms with Gasteiger partial charge in [-0.25, -0.2) is 9.78 Å². The SMILES string of the molecule is CC(C)(C)OC(=O)N1CCC2(CC1)C(=O)N(Cc1nc3c(oc4ccc(Br)cc43)c(=O)[nH]1)CN2c1ccccc1. The van der Waals surface area contributed by atoms with Crippen molar-refractivity contribution >= 4 is 55.7 Å². The molecule has 1 N–H and O–H groups in total. The number of carbonyl (C=O) groups is 2. The summed E-state index contributed by atoms with van der Waals surface area (Å²) in [4.78, 5) is 52.8. The zero-order valence-corrected chi connectivity index (χ0v) is 24.2. The monoisotopic (exact) mass is 607 g/mol. The van der Waals surface area contributed by atoms with Gasteiger partial charge < -0.3 is 28.8 Å². The van der Waals surface area contributed by atoms with Gasteiger partial charge in [-0.1, -0.05) is 34.1 Å². The molecule has 0 bridgehead atoms. The van der Waals surface area contributed by atoms with Crippen LogP contribution in [-0.2, 0) is 16.1 Å². The number of likely N-dealkylation sites (tertiary alicyclic amines) is 1. The highest BCUT2D eigenvalue weighted by Gasteiger charge is 2.54. The van der Waals surface area contributed by atoms with Gasteiger partial charge in [-0.15, -0.1) is 0 Å². The van der Waals surface area contributed by atoms with Crippen molar-refractivity contribution in [3.63, 3.8) is 0 Å². The van der Waals surface area contributed by atoms with Gasteiger partial charge in [0, 0.05) is 28.6 Å². The van der Waals surface area contributed by atoms with Crippen LogP contribution in [0.5, 0.6) is 0 Å². The zero-order valence-electron chi connectivity index (χ0n) is 22.6. The Morgan fingerprint density at radius 2 is 1.85 bits per heavy atom. The van der Waals surface area contributed by atoms with Crippen molar-refractivity contribution in [2.24, 2.45) is 0 Å². The van der Waals surface area contributed by atoms with Crippen molar-refractivity contribution in [2.75, 3.05) is 24.7 Å². The van der Waals surface area contributed by atoms with Gasteiger partial charge in [-0.05, 0) is 63.9 Å². The number of amides is 2. The normalized spacial score (nSPS) is 17.4. The van der Waals surface area contributed by atoms with Crippen LogP contribution in [0.25, 0.3) is 22.1 Å². The highest BCUT2D eigenvalue weighted by Crippen LogP contribution is 2.40. The lowest BCUT2D eigenvalue weighted by Gasteiger charge is -2.43. The maximum atomic E-state index is 14.1. The van der Waals surface area contributed by atoms with Crippen molar-refractivity contribution in [3.8, 4) is 0 Å². The Hall–Kier alpha value is -3.86. The number of piperidine rings is 1. The third kappa shape index (κ3) is 4.61. The lowest BCUT2D eigenvalue weighted by molar-refractivity contribution is -0.134. The summed E-state index contributed by atoms with van der Waals surface area (Å²) in [6.07, 6.45) is 0.546. The molecule has 0 radical (unpaired) electrons. The van der Waals surface area contributed by atoms with Gasteiger partial charge in [0.1, 0.15) is 28.1 Å². The summed E-state index contributed by atoms with van der Waals surface area (Å²) < 4.78 is 12.2. The van der Waals surface area contributed by atoms with Crippen molar-refractivity contribution < 1.29 is 18.7 Å². The molecule has 0 saturated carbocycles. The summed E-state index contributed by atoms with van der Waals surface area (Å²) in [6.45, 7) is 6.77. The largest absolute Gasteiger partial charge is 0.449 e. The maximum Gasteiger partial charge on any atom is 0.410 e. The maximum absolute atomic E-state index is 14.1. The third-order valence-electron chi connectivity index (χ3n) is 7.50. The molecular formula is C29H30BrN5O5. The quantitative estimate of drug-likeness (QED) is 0.348. The smallest absolute Gasteiger partial charge is 0.410 e. The minimum absolute atomic E-state index is 0.0530.